The van der Waals surface area contributed by atoms with Gasteiger partial charge in [-0.1, -0.05) is 29.8 Å². The van der Waals surface area contributed by atoms with Crippen LogP contribution in [0.15, 0.2) is 65.7 Å². The molecule has 14 heteroatoms. The number of phenolic OH excluding ortho intramolecular Hbond substituents is 2. The number of phenols is 2. The lowest BCUT2D eigenvalue weighted by atomic mass is 9.99. The smallest absolute Gasteiger partial charge is 0.255 e. The number of nitrogens with one attached hydrogen (secondary N) is 4. The molecule has 13 nitrogen and oxygen atoms in total. The first-order chi connectivity index (χ1) is 22.8. The standard InChI is InChI=1S/C33H39ClN6O7/c1-20-38-39-32-26(37-30(21-6-8-22(34)9-7-21)25-18-23(45-2)10-11-27(25)40(20)32)19-29(42)35-12-14-46-16-17-47-15-13-36-33(44)24-4-3-5-28(41)31(24)43/h3-11,18,20,26,32,38-39,41,43H,12-17,19H2,1-2H3,(H,35,42)(H,36,44)/t20?,26-,32?/m0/s1. The number of aliphatic imine (C=N–C) groups is 1. The average Bonchev–Trinajstić information content (AvgIpc) is 3.39. The van der Waals surface area contributed by atoms with Crippen LogP contribution in [0.25, 0.3) is 0 Å². The van der Waals surface area contributed by atoms with E-state index in [1.807, 2.05) is 49.4 Å². The molecule has 2 heterocycles. The number of aromatic hydroxyl groups is 2. The van der Waals surface area contributed by atoms with Gasteiger partial charge in [-0.25, -0.2) is 10.9 Å². The molecule has 250 valence electrons. The van der Waals surface area contributed by atoms with Gasteiger partial charge in [0.1, 0.15) is 11.9 Å². The number of hydrogen-bond acceptors (Lipinski definition) is 11. The predicted octanol–water partition coefficient (Wildman–Crippen LogP) is 2.54. The van der Waals surface area contributed by atoms with Crippen molar-refractivity contribution >= 4 is 34.8 Å². The molecule has 2 aliphatic heterocycles. The lowest BCUT2D eigenvalue weighted by Gasteiger charge is -2.31. The first-order valence-electron chi connectivity index (χ1n) is 15.3. The summed E-state index contributed by atoms with van der Waals surface area (Å²) in [6, 6.07) is 17.1. The summed E-state index contributed by atoms with van der Waals surface area (Å²) in [7, 11) is 1.63. The van der Waals surface area contributed by atoms with Crippen LogP contribution in [0.2, 0.25) is 5.02 Å². The van der Waals surface area contributed by atoms with Gasteiger partial charge < -0.3 is 40.0 Å². The first-order valence-corrected chi connectivity index (χ1v) is 15.7. The van der Waals surface area contributed by atoms with Crippen molar-refractivity contribution in [1.82, 2.24) is 21.5 Å². The van der Waals surface area contributed by atoms with E-state index >= 15 is 0 Å². The summed E-state index contributed by atoms with van der Waals surface area (Å²) in [4.78, 5) is 32.6. The molecule has 1 fully saturated rings. The van der Waals surface area contributed by atoms with Crippen molar-refractivity contribution in [3.05, 3.63) is 82.4 Å². The summed E-state index contributed by atoms with van der Waals surface area (Å²) in [6.45, 7) is 3.72. The third-order valence-electron chi connectivity index (χ3n) is 7.80. The SMILES string of the molecule is COc1ccc2c(c1)C(c1ccc(Cl)cc1)=N[C@@H](CC(=O)NCCOCCOCCNC(=O)c1cccc(O)c1O)C1NNC(C)N21. The maximum atomic E-state index is 13.1. The molecule has 0 bridgehead atoms. The van der Waals surface area contributed by atoms with E-state index in [1.165, 1.54) is 18.2 Å². The highest BCUT2D eigenvalue weighted by Crippen LogP contribution is 2.36. The van der Waals surface area contributed by atoms with Crippen LogP contribution in [0.5, 0.6) is 17.2 Å². The van der Waals surface area contributed by atoms with Gasteiger partial charge in [-0.05, 0) is 49.4 Å². The fraction of sp³-hybridized carbons (Fsp3) is 0.364. The first kappa shape index (κ1) is 33.9. The summed E-state index contributed by atoms with van der Waals surface area (Å²) in [5.74, 6) is -0.801. The topological polar surface area (TPSA) is 166 Å². The van der Waals surface area contributed by atoms with Crippen LogP contribution in [0.3, 0.4) is 0 Å². The molecular weight excluding hydrogens is 628 g/mol. The number of methoxy groups -OCH3 is 1. The number of halogens is 1. The van der Waals surface area contributed by atoms with Gasteiger partial charge in [-0.3, -0.25) is 14.6 Å². The number of para-hydroxylation sites is 1. The number of ether oxygens (including phenoxy) is 3. The fourth-order valence-corrected chi connectivity index (χ4v) is 5.60. The molecule has 3 aromatic carbocycles. The number of rotatable bonds is 14. The summed E-state index contributed by atoms with van der Waals surface area (Å²) < 4.78 is 16.6. The third kappa shape index (κ3) is 8.31. The number of hydrogen-bond donors (Lipinski definition) is 6. The zero-order chi connectivity index (χ0) is 33.3. The number of carbonyl (C=O) groups is 2. The Hall–Kier alpha value is -4.40. The molecule has 6 N–H and O–H groups in total. The minimum Gasteiger partial charge on any atom is -0.504 e. The summed E-state index contributed by atoms with van der Waals surface area (Å²) in [6.07, 6.45) is -0.201. The van der Waals surface area contributed by atoms with Gasteiger partial charge in [-0.2, -0.15) is 0 Å². The summed E-state index contributed by atoms with van der Waals surface area (Å²) >= 11 is 6.19. The number of anilines is 1. The van der Waals surface area contributed by atoms with Crippen LogP contribution in [-0.2, 0) is 14.3 Å². The Balaban J connectivity index is 1.10. The Morgan fingerprint density at radius 2 is 1.68 bits per heavy atom. The molecule has 5 rings (SSSR count). The molecule has 0 aliphatic carbocycles. The van der Waals surface area contributed by atoms with Crippen molar-refractivity contribution in [1.29, 1.82) is 0 Å². The Bertz CT molecular complexity index is 1590. The number of benzene rings is 3. The van der Waals surface area contributed by atoms with Crippen LogP contribution in [0.4, 0.5) is 5.69 Å². The van der Waals surface area contributed by atoms with Gasteiger partial charge in [0.25, 0.3) is 5.91 Å². The van der Waals surface area contributed by atoms with Gasteiger partial charge in [0.15, 0.2) is 11.5 Å². The Kier molecular flexibility index (Phi) is 11.5. The van der Waals surface area contributed by atoms with E-state index in [0.717, 1.165) is 22.5 Å². The molecular formula is C33H39ClN6O7. The quantitative estimate of drug-likeness (QED) is 0.111. The van der Waals surface area contributed by atoms with Crippen LogP contribution >= 0.6 is 11.6 Å². The Morgan fingerprint density at radius 3 is 2.40 bits per heavy atom. The van der Waals surface area contributed by atoms with E-state index in [9.17, 15) is 19.8 Å². The van der Waals surface area contributed by atoms with Crippen LogP contribution in [-0.4, -0.2) is 92.7 Å². The highest BCUT2D eigenvalue weighted by Gasteiger charge is 2.40. The zero-order valence-electron chi connectivity index (χ0n) is 26.2. The van der Waals surface area contributed by atoms with E-state index in [-0.39, 0.29) is 49.1 Å². The van der Waals surface area contributed by atoms with Crippen molar-refractivity contribution in [3.8, 4) is 17.2 Å². The number of hydrazine groups is 1. The van der Waals surface area contributed by atoms with Crippen molar-refractivity contribution in [3.63, 3.8) is 0 Å². The lowest BCUT2D eigenvalue weighted by Crippen LogP contribution is -2.48. The lowest BCUT2D eigenvalue weighted by molar-refractivity contribution is -0.121. The van der Waals surface area contributed by atoms with Gasteiger partial charge in [0, 0.05) is 34.9 Å². The normalized spacial score (nSPS) is 18.5. The zero-order valence-corrected chi connectivity index (χ0v) is 26.9. The van der Waals surface area contributed by atoms with Crippen molar-refractivity contribution in [2.45, 2.75) is 31.7 Å². The molecule has 2 aliphatic rings. The molecule has 0 spiro atoms. The Morgan fingerprint density at radius 1 is 0.957 bits per heavy atom. The molecule has 0 saturated carbocycles. The van der Waals surface area contributed by atoms with E-state index in [4.69, 9.17) is 30.8 Å². The molecule has 3 aromatic rings. The van der Waals surface area contributed by atoms with Crippen molar-refractivity contribution in [2.24, 2.45) is 4.99 Å². The van der Waals surface area contributed by atoms with Gasteiger partial charge in [-0.15, -0.1) is 0 Å². The molecule has 47 heavy (non-hydrogen) atoms. The Labute approximate surface area is 277 Å². The molecule has 0 aromatic heterocycles. The monoisotopic (exact) mass is 666 g/mol. The summed E-state index contributed by atoms with van der Waals surface area (Å²) in [5, 5.41) is 25.5. The molecule has 2 amide bonds. The second kappa shape index (κ2) is 15.9. The molecule has 0 radical (unpaired) electrons. The van der Waals surface area contributed by atoms with Gasteiger partial charge in [0.2, 0.25) is 5.91 Å². The third-order valence-corrected chi connectivity index (χ3v) is 8.05. The van der Waals surface area contributed by atoms with Crippen molar-refractivity contribution < 1.29 is 34.0 Å². The minimum atomic E-state index is -0.517. The molecule has 3 atom stereocenters. The van der Waals surface area contributed by atoms with E-state index < -0.39 is 17.7 Å². The van der Waals surface area contributed by atoms with Crippen LogP contribution in [0, 0.1) is 0 Å². The molecule has 1 saturated heterocycles. The van der Waals surface area contributed by atoms with Gasteiger partial charge in [0.05, 0.1) is 63.4 Å². The maximum absolute atomic E-state index is 13.1. The van der Waals surface area contributed by atoms with Crippen LogP contribution in [0.1, 0.15) is 34.8 Å². The molecule has 2 unspecified atom stereocenters. The number of nitrogens with zero attached hydrogens (tertiary/aromatic N) is 2. The fourth-order valence-electron chi connectivity index (χ4n) is 5.48. The number of fused-ring (bicyclic) bond motifs is 3. The largest absolute Gasteiger partial charge is 0.504 e. The average molecular weight is 667 g/mol. The van der Waals surface area contributed by atoms with Crippen LogP contribution < -0.4 is 31.1 Å². The number of amides is 2. The highest BCUT2D eigenvalue weighted by molar-refractivity contribution is 6.30. The predicted molar refractivity (Wildman–Crippen MR) is 177 cm³/mol. The van der Waals surface area contributed by atoms with Crippen molar-refractivity contribution in [2.75, 3.05) is 51.5 Å². The number of carbonyl (C=O) groups excluding carboxylic acids is 2. The minimum absolute atomic E-state index is 0.0166. The van der Waals surface area contributed by atoms with Gasteiger partial charge >= 0.3 is 0 Å². The summed E-state index contributed by atoms with van der Waals surface area (Å²) in [5.41, 5.74) is 10.1. The van der Waals surface area contributed by atoms with E-state index in [2.05, 4.69) is 26.4 Å². The second-order valence-corrected chi connectivity index (χ2v) is 11.4. The van der Waals surface area contributed by atoms with E-state index in [0.29, 0.717) is 37.1 Å². The highest BCUT2D eigenvalue weighted by atomic mass is 35.5. The van der Waals surface area contributed by atoms with E-state index in [1.54, 1.807) is 7.11 Å². The maximum Gasteiger partial charge on any atom is 0.255 e. The second-order valence-electron chi connectivity index (χ2n) is 11.0.